The fourth-order valence-electron chi connectivity index (χ4n) is 4.84. The first-order chi connectivity index (χ1) is 15.2. The van der Waals surface area contributed by atoms with E-state index < -0.39 is 30.6 Å². The number of nitrogens with two attached hydrogens (primary N) is 1. The van der Waals surface area contributed by atoms with Crippen molar-refractivity contribution < 1.29 is 38.0 Å². The minimum Gasteiger partial charge on any atom is -0.507 e. The van der Waals surface area contributed by atoms with E-state index in [4.69, 9.17) is 5.73 Å². The van der Waals surface area contributed by atoms with Crippen molar-refractivity contribution in [1.82, 2.24) is 4.90 Å². The summed E-state index contributed by atoms with van der Waals surface area (Å²) in [5.74, 6) is -2.63. The van der Waals surface area contributed by atoms with Gasteiger partial charge in [0.25, 0.3) is 0 Å². The van der Waals surface area contributed by atoms with Gasteiger partial charge >= 0.3 is 0 Å². The number of benzene rings is 1. The van der Waals surface area contributed by atoms with E-state index in [1.807, 2.05) is 6.07 Å². The van der Waals surface area contributed by atoms with Gasteiger partial charge in [0.15, 0.2) is 5.78 Å². The molecule has 2 rings (SSSR count). The van der Waals surface area contributed by atoms with Gasteiger partial charge in [-0.2, -0.15) is 0 Å². The Morgan fingerprint density at radius 1 is 1.21 bits per heavy atom. The Morgan fingerprint density at radius 2 is 1.88 bits per heavy atom. The van der Waals surface area contributed by atoms with Crippen molar-refractivity contribution in [3.63, 3.8) is 0 Å². The molecule has 190 valence electrons. The van der Waals surface area contributed by atoms with Crippen LogP contribution < -0.4 is 5.73 Å². The SMILES string of the molecule is CCN(CC)Cc1ccc(O)c2c1CC(CC(CCO)C(CO)C(=O)CC(N)=O)CC2=O.O.[HH].[HH]. The van der Waals surface area contributed by atoms with E-state index in [9.17, 15) is 29.7 Å². The number of aromatic hydroxyl groups is 1. The number of aliphatic hydroxyl groups excluding tert-OH is 2. The Hall–Kier alpha value is -2.33. The van der Waals surface area contributed by atoms with Gasteiger partial charge in [-0.15, -0.1) is 0 Å². The summed E-state index contributed by atoms with van der Waals surface area (Å²) in [6, 6.07) is 3.44. The van der Waals surface area contributed by atoms with Crippen molar-refractivity contribution in [2.24, 2.45) is 23.5 Å². The van der Waals surface area contributed by atoms with Crippen LogP contribution in [-0.4, -0.2) is 69.5 Å². The first kappa shape index (κ1) is 28.7. The number of fused-ring (bicyclic) bond motifs is 1. The molecule has 1 aliphatic carbocycles. The largest absolute Gasteiger partial charge is 0.507 e. The predicted octanol–water partition coefficient (Wildman–Crippen LogP) is 1.09. The highest BCUT2D eigenvalue weighted by atomic mass is 16.3. The zero-order valence-corrected chi connectivity index (χ0v) is 19.5. The van der Waals surface area contributed by atoms with E-state index in [0.29, 0.717) is 24.9 Å². The highest BCUT2D eigenvalue weighted by Gasteiger charge is 2.35. The summed E-state index contributed by atoms with van der Waals surface area (Å²) in [6.45, 7) is 5.93. The molecule has 0 aliphatic heterocycles. The van der Waals surface area contributed by atoms with Gasteiger partial charge in [-0.05, 0) is 61.4 Å². The molecule has 0 aromatic heterocycles. The lowest BCUT2D eigenvalue weighted by molar-refractivity contribution is -0.131. The Balaban J connectivity index is 0. The van der Waals surface area contributed by atoms with Crippen LogP contribution in [0, 0.1) is 17.8 Å². The highest BCUT2D eigenvalue weighted by Crippen LogP contribution is 2.38. The van der Waals surface area contributed by atoms with Crippen molar-refractivity contribution in [2.75, 3.05) is 26.3 Å². The molecule has 7 N–H and O–H groups in total. The van der Waals surface area contributed by atoms with Crippen LogP contribution in [-0.2, 0) is 22.6 Å². The van der Waals surface area contributed by atoms with Crippen LogP contribution in [0.3, 0.4) is 0 Å². The molecule has 3 unspecified atom stereocenters. The van der Waals surface area contributed by atoms with Crippen molar-refractivity contribution in [1.29, 1.82) is 0 Å². The lowest BCUT2D eigenvalue weighted by Gasteiger charge is -2.32. The number of carbonyl (C=O) groups excluding carboxylic acids is 3. The topological polar surface area (TPSA) is 173 Å². The standard InChI is InChI=1S/C24H36N2O6.H2O.2H2/c1-3-26(4-2)13-17-5-6-20(29)24-18(17)10-15(11-22(24)31)9-16(7-8-27)19(14-28)21(30)12-23(25)32;;;/h5-6,15-16,19,27-29H,3-4,7-14H2,1-2H3,(H2,25,32);1H2;2*1H. The average Bonchev–Trinajstić information content (AvgIpc) is 2.73. The van der Waals surface area contributed by atoms with Gasteiger partial charge in [0.05, 0.1) is 18.6 Å². The first-order valence-corrected chi connectivity index (χ1v) is 11.4. The van der Waals surface area contributed by atoms with Gasteiger partial charge in [0.2, 0.25) is 5.91 Å². The number of aliphatic hydroxyl groups is 2. The number of nitrogens with zero attached hydrogens (tertiary/aromatic N) is 1. The second-order valence-corrected chi connectivity index (χ2v) is 8.66. The lowest BCUT2D eigenvalue weighted by Crippen LogP contribution is -2.34. The summed E-state index contributed by atoms with van der Waals surface area (Å²) < 4.78 is 0. The minimum atomic E-state index is -0.814. The molecule has 3 atom stereocenters. The fraction of sp³-hybridized carbons (Fsp3) is 0.625. The molecular weight excluding hydrogens is 428 g/mol. The van der Waals surface area contributed by atoms with Crippen LogP contribution in [0.5, 0.6) is 5.75 Å². The monoisotopic (exact) mass is 470 g/mol. The first-order valence-electron chi connectivity index (χ1n) is 11.4. The van der Waals surface area contributed by atoms with E-state index in [0.717, 1.165) is 24.2 Å². The van der Waals surface area contributed by atoms with Crippen LogP contribution in [0.25, 0.3) is 0 Å². The van der Waals surface area contributed by atoms with E-state index in [2.05, 4.69) is 18.7 Å². The summed E-state index contributed by atoms with van der Waals surface area (Å²) in [4.78, 5) is 38.8. The van der Waals surface area contributed by atoms with E-state index in [1.165, 1.54) is 0 Å². The van der Waals surface area contributed by atoms with Gasteiger partial charge in [0, 0.05) is 28.3 Å². The van der Waals surface area contributed by atoms with Gasteiger partial charge in [0.1, 0.15) is 11.5 Å². The molecule has 9 heteroatoms. The van der Waals surface area contributed by atoms with Gasteiger partial charge in [-0.3, -0.25) is 19.3 Å². The summed E-state index contributed by atoms with van der Waals surface area (Å²) in [5.41, 5.74) is 7.37. The molecule has 0 fully saturated rings. The molecule has 1 aliphatic rings. The van der Waals surface area contributed by atoms with Gasteiger partial charge in [-0.1, -0.05) is 19.9 Å². The number of rotatable bonds is 13. The maximum absolute atomic E-state index is 13.0. The third kappa shape index (κ3) is 7.33. The molecule has 33 heavy (non-hydrogen) atoms. The molecule has 1 aromatic carbocycles. The zero-order valence-electron chi connectivity index (χ0n) is 19.5. The van der Waals surface area contributed by atoms with E-state index >= 15 is 0 Å². The third-order valence-electron chi connectivity index (χ3n) is 6.59. The normalized spacial score (nSPS) is 17.2. The van der Waals surface area contributed by atoms with Crippen LogP contribution in [0.2, 0.25) is 0 Å². The fourth-order valence-corrected chi connectivity index (χ4v) is 4.84. The Kier molecular flexibility index (Phi) is 11.7. The predicted molar refractivity (Wildman–Crippen MR) is 128 cm³/mol. The van der Waals surface area contributed by atoms with Crippen LogP contribution in [0.1, 0.15) is 63.9 Å². The Morgan fingerprint density at radius 3 is 2.42 bits per heavy atom. The van der Waals surface area contributed by atoms with Crippen LogP contribution in [0.4, 0.5) is 0 Å². The number of phenolic OH excluding ortho intramolecular Hbond substituents is 1. The molecule has 0 bridgehead atoms. The van der Waals surface area contributed by atoms with Gasteiger partial charge < -0.3 is 26.5 Å². The maximum atomic E-state index is 13.0. The van der Waals surface area contributed by atoms with Crippen molar-refractivity contribution in [2.45, 2.75) is 52.5 Å². The van der Waals surface area contributed by atoms with Crippen molar-refractivity contribution in [3.05, 3.63) is 28.8 Å². The molecule has 0 saturated carbocycles. The molecule has 1 aromatic rings. The molecule has 9 nitrogen and oxygen atoms in total. The number of phenols is 1. The summed E-state index contributed by atoms with van der Waals surface area (Å²) in [5, 5.41) is 29.7. The van der Waals surface area contributed by atoms with Crippen molar-refractivity contribution >= 4 is 17.5 Å². The number of ketones is 2. The number of Topliss-reactive ketones (excluding diaryl/α,β-unsaturated/α-hetero) is 2. The number of hydrogen-bond acceptors (Lipinski definition) is 7. The molecular formula is C24H42N2O7. The number of hydrogen-bond donors (Lipinski definition) is 4. The highest BCUT2D eigenvalue weighted by molar-refractivity contribution is 6.01. The number of carbonyl (C=O) groups is 3. The minimum absolute atomic E-state index is 0. The Labute approximate surface area is 197 Å². The summed E-state index contributed by atoms with van der Waals surface area (Å²) in [7, 11) is 0. The summed E-state index contributed by atoms with van der Waals surface area (Å²) in [6.07, 6.45) is 1.05. The second kappa shape index (κ2) is 13.4. The van der Waals surface area contributed by atoms with E-state index in [1.54, 1.807) is 6.07 Å². The third-order valence-corrected chi connectivity index (χ3v) is 6.59. The number of primary amides is 1. The molecule has 1 amide bonds. The quantitative estimate of drug-likeness (QED) is 0.312. The molecule has 0 heterocycles. The van der Waals surface area contributed by atoms with Gasteiger partial charge in [-0.25, -0.2) is 0 Å². The van der Waals surface area contributed by atoms with Crippen molar-refractivity contribution in [3.8, 4) is 5.75 Å². The molecule has 0 radical (unpaired) electrons. The molecule has 0 saturated heterocycles. The van der Waals surface area contributed by atoms with E-state index in [-0.39, 0.29) is 51.1 Å². The lowest BCUT2D eigenvalue weighted by atomic mass is 9.73. The van der Waals surface area contributed by atoms with Crippen LogP contribution >= 0.6 is 0 Å². The number of amides is 1. The maximum Gasteiger partial charge on any atom is 0.224 e. The van der Waals surface area contributed by atoms with Crippen LogP contribution in [0.15, 0.2) is 12.1 Å². The summed E-state index contributed by atoms with van der Waals surface area (Å²) >= 11 is 0. The Bertz CT molecular complexity index is 834. The smallest absolute Gasteiger partial charge is 0.224 e. The molecule has 0 spiro atoms. The average molecular weight is 471 g/mol. The second-order valence-electron chi connectivity index (χ2n) is 8.66. The zero-order chi connectivity index (χ0) is 23.8.